The monoisotopic (exact) mass is 334 g/mol. The van der Waals surface area contributed by atoms with Gasteiger partial charge in [0.15, 0.2) is 11.5 Å². The second-order valence-electron chi connectivity index (χ2n) is 4.61. The molecule has 0 saturated carbocycles. The highest BCUT2D eigenvalue weighted by molar-refractivity contribution is 7.15. The van der Waals surface area contributed by atoms with Crippen LogP contribution >= 0.6 is 22.7 Å². The predicted molar refractivity (Wildman–Crippen MR) is 86.3 cm³/mol. The second kappa shape index (κ2) is 6.80. The maximum atomic E-state index is 12.1. The molecule has 22 heavy (non-hydrogen) atoms. The van der Waals surface area contributed by atoms with Gasteiger partial charge in [0.25, 0.3) is 5.91 Å². The molecule has 0 aliphatic carbocycles. The summed E-state index contributed by atoms with van der Waals surface area (Å²) in [4.78, 5) is 13.1. The number of unbranched alkanes of at least 4 members (excludes halogenated alkanes) is 1. The van der Waals surface area contributed by atoms with Gasteiger partial charge in [-0.1, -0.05) is 35.9 Å². The smallest absolute Gasteiger partial charge is 0.279 e. The molecular weight excluding hydrogens is 320 g/mol. The van der Waals surface area contributed by atoms with E-state index in [1.165, 1.54) is 22.7 Å². The minimum Gasteiger partial charge on any atom is -0.355 e. The van der Waals surface area contributed by atoms with Gasteiger partial charge in [-0.25, -0.2) is 0 Å². The summed E-state index contributed by atoms with van der Waals surface area (Å²) < 4.78 is 5.19. The van der Waals surface area contributed by atoms with E-state index in [2.05, 4.69) is 27.6 Å². The van der Waals surface area contributed by atoms with Crippen molar-refractivity contribution in [3.63, 3.8) is 0 Å². The molecule has 114 valence electrons. The van der Waals surface area contributed by atoms with Gasteiger partial charge in [-0.3, -0.25) is 10.1 Å². The van der Waals surface area contributed by atoms with Gasteiger partial charge >= 0.3 is 0 Å². The zero-order chi connectivity index (χ0) is 15.4. The summed E-state index contributed by atoms with van der Waals surface area (Å²) in [5.41, 5.74) is 0.230. The highest BCUT2D eigenvalue weighted by Gasteiger charge is 2.16. The number of hydrogen-bond acceptors (Lipinski definition) is 7. The van der Waals surface area contributed by atoms with Gasteiger partial charge in [-0.15, -0.1) is 21.5 Å². The first-order valence-electron chi connectivity index (χ1n) is 6.90. The Kier molecular flexibility index (Phi) is 4.59. The Morgan fingerprint density at radius 1 is 1.41 bits per heavy atom. The Bertz CT molecular complexity index is 749. The number of thiophene rings is 1. The van der Waals surface area contributed by atoms with Crippen LogP contribution in [0.3, 0.4) is 0 Å². The Hall–Kier alpha value is -2.06. The summed E-state index contributed by atoms with van der Waals surface area (Å²) >= 11 is 2.92. The van der Waals surface area contributed by atoms with E-state index in [-0.39, 0.29) is 11.6 Å². The molecular formula is C14H14N4O2S2. The third-order valence-electron chi connectivity index (χ3n) is 2.94. The average Bonchev–Trinajstić information content (AvgIpc) is 3.25. The van der Waals surface area contributed by atoms with Crippen molar-refractivity contribution >= 4 is 33.7 Å². The summed E-state index contributed by atoms with van der Waals surface area (Å²) in [6.45, 7) is 2.12. The number of nitrogens with one attached hydrogen (secondary N) is 1. The zero-order valence-corrected chi connectivity index (χ0v) is 13.5. The minimum atomic E-state index is -0.343. The van der Waals surface area contributed by atoms with Gasteiger partial charge in [-0.05, 0) is 17.9 Å². The van der Waals surface area contributed by atoms with Crippen molar-refractivity contribution in [2.75, 3.05) is 5.32 Å². The number of hydrogen-bond donors (Lipinski definition) is 1. The first-order chi connectivity index (χ1) is 10.8. The van der Waals surface area contributed by atoms with E-state index in [1.54, 1.807) is 6.07 Å². The molecule has 0 saturated heterocycles. The van der Waals surface area contributed by atoms with Gasteiger partial charge < -0.3 is 4.52 Å². The van der Waals surface area contributed by atoms with Crippen LogP contribution in [-0.4, -0.2) is 21.3 Å². The topological polar surface area (TPSA) is 80.9 Å². The molecule has 1 N–H and O–H groups in total. The highest BCUT2D eigenvalue weighted by atomic mass is 32.1. The molecule has 0 fully saturated rings. The average molecular weight is 334 g/mol. The number of rotatable bonds is 6. The van der Waals surface area contributed by atoms with E-state index in [0.29, 0.717) is 10.9 Å². The number of carbonyl (C=O) groups is 1. The van der Waals surface area contributed by atoms with E-state index >= 15 is 0 Å². The zero-order valence-electron chi connectivity index (χ0n) is 11.9. The molecule has 0 aliphatic heterocycles. The number of amides is 1. The number of carbonyl (C=O) groups excluding carboxylic acids is 1. The first-order valence-corrected chi connectivity index (χ1v) is 8.60. The second-order valence-corrected chi connectivity index (χ2v) is 6.62. The molecule has 1 amide bonds. The largest absolute Gasteiger partial charge is 0.355 e. The van der Waals surface area contributed by atoms with Crippen LogP contribution in [0, 0.1) is 0 Å². The van der Waals surface area contributed by atoms with Crippen molar-refractivity contribution in [2.24, 2.45) is 0 Å². The van der Waals surface area contributed by atoms with Crippen LogP contribution in [0.4, 0.5) is 5.13 Å². The molecule has 0 bridgehead atoms. The van der Waals surface area contributed by atoms with E-state index in [4.69, 9.17) is 4.52 Å². The lowest BCUT2D eigenvalue weighted by molar-refractivity contribution is 0.101. The Morgan fingerprint density at radius 2 is 2.32 bits per heavy atom. The lowest BCUT2D eigenvalue weighted by Gasteiger charge is -1.94. The van der Waals surface area contributed by atoms with Crippen LogP contribution in [0.2, 0.25) is 0 Å². The van der Waals surface area contributed by atoms with Gasteiger partial charge in [0.2, 0.25) is 5.13 Å². The fourth-order valence-electron chi connectivity index (χ4n) is 1.81. The van der Waals surface area contributed by atoms with E-state index in [9.17, 15) is 4.79 Å². The van der Waals surface area contributed by atoms with E-state index < -0.39 is 0 Å². The molecule has 0 aliphatic rings. The van der Waals surface area contributed by atoms with Crippen LogP contribution in [0.15, 0.2) is 28.1 Å². The fraction of sp³-hybridized carbons (Fsp3) is 0.286. The summed E-state index contributed by atoms with van der Waals surface area (Å²) in [5.74, 6) is 0.241. The summed E-state index contributed by atoms with van der Waals surface area (Å²) in [6, 6.07) is 5.46. The molecule has 0 unspecified atom stereocenters. The molecule has 6 nitrogen and oxygen atoms in total. The molecule has 3 aromatic rings. The van der Waals surface area contributed by atoms with Crippen molar-refractivity contribution in [1.29, 1.82) is 0 Å². The quantitative estimate of drug-likeness (QED) is 0.740. The fourth-order valence-corrected chi connectivity index (χ4v) is 3.26. The number of aryl methyl sites for hydroxylation is 1. The van der Waals surface area contributed by atoms with Crippen LogP contribution in [0.25, 0.3) is 10.6 Å². The molecule has 0 aromatic carbocycles. The molecule has 3 heterocycles. The third-order valence-corrected chi connectivity index (χ3v) is 4.72. The predicted octanol–water partition coefficient (Wildman–Crippen LogP) is 3.85. The van der Waals surface area contributed by atoms with Crippen molar-refractivity contribution in [2.45, 2.75) is 26.2 Å². The Morgan fingerprint density at radius 3 is 3.09 bits per heavy atom. The van der Waals surface area contributed by atoms with Gasteiger partial charge in [0.05, 0.1) is 4.88 Å². The summed E-state index contributed by atoms with van der Waals surface area (Å²) in [7, 11) is 0. The minimum absolute atomic E-state index is 0.230. The number of anilines is 1. The molecule has 3 rings (SSSR count). The van der Waals surface area contributed by atoms with Crippen molar-refractivity contribution in [1.82, 2.24) is 15.4 Å². The number of aromatic nitrogens is 3. The van der Waals surface area contributed by atoms with Crippen LogP contribution in [0.1, 0.15) is 35.3 Å². The first kappa shape index (κ1) is 14.9. The lowest BCUT2D eigenvalue weighted by Crippen LogP contribution is -2.11. The van der Waals surface area contributed by atoms with Crippen molar-refractivity contribution < 1.29 is 9.32 Å². The van der Waals surface area contributed by atoms with Gasteiger partial charge in [0.1, 0.15) is 5.01 Å². The van der Waals surface area contributed by atoms with Crippen molar-refractivity contribution in [3.05, 3.63) is 34.3 Å². The van der Waals surface area contributed by atoms with E-state index in [0.717, 1.165) is 29.1 Å². The molecule has 0 spiro atoms. The van der Waals surface area contributed by atoms with Crippen LogP contribution < -0.4 is 5.32 Å². The Balaban J connectivity index is 1.65. The summed E-state index contributed by atoms with van der Waals surface area (Å²) in [6.07, 6.45) is 3.05. The lowest BCUT2D eigenvalue weighted by atomic mass is 10.3. The normalized spacial score (nSPS) is 10.8. The standard InChI is InChI=1S/C14H14N4O2S2/c1-2-3-6-12-16-17-14(22-12)15-13(19)9-8-10(20-18-9)11-5-4-7-21-11/h4-5,7-8H,2-3,6H2,1H3,(H,15,17,19). The number of nitrogens with zero attached hydrogens (tertiary/aromatic N) is 3. The van der Waals surface area contributed by atoms with Crippen LogP contribution in [0.5, 0.6) is 0 Å². The molecule has 3 aromatic heterocycles. The maximum Gasteiger partial charge on any atom is 0.279 e. The summed E-state index contributed by atoms with van der Waals surface area (Å²) in [5, 5.41) is 17.9. The molecule has 0 radical (unpaired) electrons. The molecule has 0 atom stereocenters. The van der Waals surface area contributed by atoms with Gasteiger partial charge in [0, 0.05) is 12.5 Å². The van der Waals surface area contributed by atoms with Crippen LogP contribution in [-0.2, 0) is 6.42 Å². The third kappa shape index (κ3) is 3.40. The SMILES string of the molecule is CCCCc1nnc(NC(=O)c2cc(-c3cccs3)on2)s1. The molecule has 8 heteroatoms. The van der Waals surface area contributed by atoms with Crippen molar-refractivity contribution in [3.8, 4) is 10.6 Å². The highest BCUT2D eigenvalue weighted by Crippen LogP contribution is 2.25. The van der Waals surface area contributed by atoms with Gasteiger partial charge in [-0.2, -0.15) is 0 Å². The maximum absolute atomic E-state index is 12.1. The Labute approximate surface area is 135 Å². The van der Waals surface area contributed by atoms with E-state index in [1.807, 2.05) is 17.5 Å².